The number of benzene rings is 1. The van der Waals surface area contributed by atoms with Crippen molar-refractivity contribution in [3.63, 3.8) is 0 Å². The van der Waals surface area contributed by atoms with Gasteiger partial charge < -0.3 is 10.0 Å². The van der Waals surface area contributed by atoms with Gasteiger partial charge in [-0.3, -0.25) is 0 Å². The monoisotopic (exact) mass is 247 g/mol. The second-order valence-corrected chi connectivity index (χ2v) is 5.77. The van der Waals surface area contributed by atoms with E-state index in [1.54, 1.807) is 0 Å². The first-order valence-electron chi connectivity index (χ1n) is 7.12. The third-order valence-electron chi connectivity index (χ3n) is 3.89. The highest BCUT2D eigenvalue weighted by Gasteiger charge is 2.17. The zero-order chi connectivity index (χ0) is 13.0. The minimum absolute atomic E-state index is 0.317. The van der Waals surface area contributed by atoms with Crippen LogP contribution in [0.3, 0.4) is 0 Å². The summed E-state index contributed by atoms with van der Waals surface area (Å²) in [5, 5.41) is 10.2. The maximum absolute atomic E-state index is 10.2. The fraction of sp³-hybridized carbons (Fsp3) is 0.625. The van der Waals surface area contributed by atoms with Crippen molar-refractivity contribution < 1.29 is 5.11 Å². The lowest BCUT2D eigenvalue weighted by Gasteiger charge is -2.31. The molecule has 0 aliphatic carbocycles. The Hall–Kier alpha value is -0.860. The molecule has 1 aromatic rings. The summed E-state index contributed by atoms with van der Waals surface area (Å²) < 4.78 is 0. The molecule has 0 aromatic heterocycles. The smallest absolute Gasteiger partial charge is 0.0802 e. The summed E-state index contributed by atoms with van der Waals surface area (Å²) in [4.78, 5) is 2.49. The normalized spacial score (nSPS) is 22.9. The third kappa shape index (κ3) is 3.82. The fourth-order valence-corrected chi connectivity index (χ4v) is 2.84. The highest BCUT2D eigenvalue weighted by molar-refractivity contribution is 5.23. The van der Waals surface area contributed by atoms with Crippen LogP contribution in [-0.2, 0) is 0 Å². The topological polar surface area (TPSA) is 23.5 Å². The molecule has 2 heteroatoms. The number of likely N-dealkylation sites (tertiary alicyclic amines) is 1. The molecule has 2 atom stereocenters. The molecule has 1 heterocycles. The summed E-state index contributed by atoms with van der Waals surface area (Å²) >= 11 is 0. The van der Waals surface area contributed by atoms with E-state index in [-0.39, 0.29) is 6.10 Å². The molecule has 0 radical (unpaired) electrons. The molecule has 0 amide bonds. The predicted molar refractivity (Wildman–Crippen MR) is 75.6 cm³/mol. The zero-order valence-electron chi connectivity index (χ0n) is 11.6. The van der Waals surface area contributed by atoms with Gasteiger partial charge in [-0.15, -0.1) is 0 Å². The van der Waals surface area contributed by atoms with Gasteiger partial charge in [-0.25, -0.2) is 0 Å². The van der Waals surface area contributed by atoms with Gasteiger partial charge in [0.1, 0.15) is 0 Å². The molecule has 1 aliphatic heterocycles. The van der Waals surface area contributed by atoms with Crippen LogP contribution in [0.4, 0.5) is 0 Å². The Bertz CT molecular complexity index is 377. The van der Waals surface area contributed by atoms with Gasteiger partial charge in [0.15, 0.2) is 0 Å². The van der Waals surface area contributed by atoms with E-state index < -0.39 is 0 Å². The summed E-state index contributed by atoms with van der Waals surface area (Å²) in [5.41, 5.74) is 2.28. The molecule has 100 valence electrons. The van der Waals surface area contributed by atoms with Gasteiger partial charge in [-0.2, -0.15) is 0 Å². The Kier molecular flexibility index (Phi) is 4.79. The van der Waals surface area contributed by atoms with Gasteiger partial charge in [-0.1, -0.05) is 36.8 Å². The molecule has 1 fully saturated rings. The molecule has 0 saturated carbocycles. The lowest BCUT2D eigenvalue weighted by Crippen LogP contribution is -2.35. The number of piperidine rings is 1. The predicted octanol–water partition coefficient (Wildman–Crippen LogP) is 3.15. The maximum Gasteiger partial charge on any atom is 0.0802 e. The largest absolute Gasteiger partial charge is 0.388 e. The van der Waals surface area contributed by atoms with E-state index in [0.29, 0.717) is 0 Å². The quantitative estimate of drug-likeness (QED) is 0.883. The number of aliphatic hydroxyl groups is 1. The van der Waals surface area contributed by atoms with Crippen molar-refractivity contribution in [2.24, 2.45) is 5.92 Å². The summed E-state index contributed by atoms with van der Waals surface area (Å²) in [6, 6.07) is 8.21. The summed E-state index contributed by atoms with van der Waals surface area (Å²) in [6.45, 7) is 7.80. The van der Waals surface area contributed by atoms with Gasteiger partial charge in [0.05, 0.1) is 6.10 Å². The van der Waals surface area contributed by atoms with E-state index >= 15 is 0 Å². The highest BCUT2D eigenvalue weighted by Crippen LogP contribution is 2.20. The zero-order valence-corrected chi connectivity index (χ0v) is 11.6. The Morgan fingerprint density at radius 3 is 3.00 bits per heavy atom. The van der Waals surface area contributed by atoms with E-state index in [0.717, 1.165) is 24.4 Å². The molecule has 2 nitrogen and oxygen atoms in total. The number of nitrogens with zero attached hydrogens (tertiary/aromatic N) is 1. The Morgan fingerprint density at radius 1 is 1.44 bits per heavy atom. The van der Waals surface area contributed by atoms with E-state index in [4.69, 9.17) is 0 Å². The molecule has 1 aliphatic rings. The van der Waals surface area contributed by atoms with Crippen LogP contribution in [0.2, 0.25) is 0 Å². The van der Waals surface area contributed by atoms with Crippen molar-refractivity contribution in [3.05, 3.63) is 35.4 Å². The molecule has 1 N–H and O–H groups in total. The van der Waals surface area contributed by atoms with Crippen molar-refractivity contribution in [2.45, 2.75) is 39.2 Å². The van der Waals surface area contributed by atoms with Gasteiger partial charge in [0.2, 0.25) is 0 Å². The molecule has 2 rings (SSSR count). The van der Waals surface area contributed by atoms with Gasteiger partial charge in [0.25, 0.3) is 0 Å². The van der Waals surface area contributed by atoms with Gasteiger partial charge in [0, 0.05) is 13.1 Å². The molecule has 0 spiro atoms. The van der Waals surface area contributed by atoms with Crippen molar-refractivity contribution in [2.75, 3.05) is 19.6 Å². The second-order valence-electron chi connectivity index (χ2n) is 5.77. The lowest BCUT2D eigenvalue weighted by molar-refractivity contribution is 0.122. The average molecular weight is 247 g/mol. The molecule has 2 unspecified atom stereocenters. The first-order chi connectivity index (χ1) is 8.65. The van der Waals surface area contributed by atoms with Gasteiger partial charge in [-0.05, 0) is 44.2 Å². The van der Waals surface area contributed by atoms with E-state index in [1.807, 2.05) is 12.1 Å². The second kappa shape index (κ2) is 6.35. The highest BCUT2D eigenvalue weighted by atomic mass is 16.3. The number of rotatable bonds is 4. The van der Waals surface area contributed by atoms with Crippen molar-refractivity contribution >= 4 is 0 Å². The Morgan fingerprint density at radius 2 is 2.28 bits per heavy atom. The lowest BCUT2D eigenvalue weighted by atomic mass is 9.99. The maximum atomic E-state index is 10.2. The van der Waals surface area contributed by atoms with Crippen molar-refractivity contribution in [3.8, 4) is 0 Å². The van der Waals surface area contributed by atoms with Crippen molar-refractivity contribution in [1.82, 2.24) is 4.90 Å². The summed E-state index contributed by atoms with van der Waals surface area (Å²) in [5.74, 6) is 0.815. The number of hydrogen-bond acceptors (Lipinski definition) is 2. The summed E-state index contributed by atoms with van der Waals surface area (Å²) in [6.07, 6.45) is 3.19. The van der Waals surface area contributed by atoms with Crippen LogP contribution in [0.5, 0.6) is 0 Å². The molecule has 1 aromatic carbocycles. The first-order valence-corrected chi connectivity index (χ1v) is 7.12. The SMILES string of the molecule is Cc1cccc(C(O)CCN2CCCC(C)C2)c1. The van der Waals surface area contributed by atoms with E-state index in [2.05, 4.69) is 30.9 Å². The minimum atomic E-state index is -0.317. The first kappa shape index (κ1) is 13.6. The van der Waals surface area contributed by atoms with Crippen LogP contribution in [0, 0.1) is 12.8 Å². The van der Waals surface area contributed by atoms with Gasteiger partial charge >= 0.3 is 0 Å². The minimum Gasteiger partial charge on any atom is -0.388 e. The number of aryl methyl sites for hydroxylation is 1. The van der Waals surface area contributed by atoms with E-state index in [9.17, 15) is 5.11 Å². The molecular weight excluding hydrogens is 222 g/mol. The van der Waals surface area contributed by atoms with Crippen LogP contribution >= 0.6 is 0 Å². The molecule has 1 saturated heterocycles. The third-order valence-corrected chi connectivity index (χ3v) is 3.89. The number of aliphatic hydroxyl groups excluding tert-OH is 1. The number of hydrogen-bond donors (Lipinski definition) is 1. The fourth-order valence-electron chi connectivity index (χ4n) is 2.84. The van der Waals surface area contributed by atoms with Crippen LogP contribution in [-0.4, -0.2) is 29.6 Å². The van der Waals surface area contributed by atoms with Crippen LogP contribution < -0.4 is 0 Å². The Labute approximate surface area is 111 Å². The standard InChI is InChI=1S/C16H25NO/c1-13-5-3-7-15(11-13)16(18)8-10-17-9-4-6-14(2)12-17/h3,5,7,11,14,16,18H,4,6,8-10,12H2,1-2H3. The molecular formula is C16H25NO. The van der Waals surface area contributed by atoms with E-state index in [1.165, 1.54) is 31.5 Å². The summed E-state index contributed by atoms with van der Waals surface area (Å²) in [7, 11) is 0. The van der Waals surface area contributed by atoms with Crippen LogP contribution in [0.25, 0.3) is 0 Å². The Balaban J connectivity index is 1.82. The van der Waals surface area contributed by atoms with Crippen LogP contribution in [0.15, 0.2) is 24.3 Å². The van der Waals surface area contributed by atoms with Crippen LogP contribution in [0.1, 0.15) is 43.4 Å². The molecule has 0 bridgehead atoms. The van der Waals surface area contributed by atoms with Crippen molar-refractivity contribution in [1.29, 1.82) is 0 Å². The molecule has 18 heavy (non-hydrogen) atoms. The average Bonchev–Trinajstić information content (AvgIpc) is 2.36.